The highest BCUT2D eigenvalue weighted by Crippen LogP contribution is 2.37. The molecule has 0 bridgehead atoms. The second kappa shape index (κ2) is 10.9. The minimum atomic E-state index is -0.169. The highest BCUT2D eigenvalue weighted by molar-refractivity contribution is 7.19. The first-order valence-corrected chi connectivity index (χ1v) is 11.0. The summed E-state index contributed by atoms with van der Waals surface area (Å²) < 4.78 is 6.45. The van der Waals surface area contributed by atoms with E-state index in [0.29, 0.717) is 24.0 Å². The molecule has 1 aromatic carbocycles. The summed E-state index contributed by atoms with van der Waals surface area (Å²) in [4.78, 5) is 29.9. The number of ether oxygens (including phenoxy) is 1. The topological polar surface area (TPSA) is 98.1 Å². The summed E-state index contributed by atoms with van der Waals surface area (Å²) in [6, 6.07) is 12.9. The smallest absolute Gasteiger partial charge is 0.267 e. The molecule has 0 atom stereocenters. The molecule has 0 aliphatic rings. The average Bonchev–Trinajstić information content (AvgIpc) is 3.18. The average molecular weight is 442 g/mol. The van der Waals surface area contributed by atoms with Crippen molar-refractivity contribution in [2.75, 3.05) is 32.1 Å². The second-order valence-corrected chi connectivity index (χ2v) is 8.23. The molecule has 0 unspecified atom stereocenters. The van der Waals surface area contributed by atoms with Crippen molar-refractivity contribution >= 4 is 22.4 Å². The molecule has 0 saturated carbocycles. The summed E-state index contributed by atoms with van der Waals surface area (Å²) in [5.74, 6) is -0.169. The van der Waals surface area contributed by atoms with Crippen LogP contribution in [0.4, 0.5) is 5.13 Å². The fourth-order valence-electron chi connectivity index (χ4n) is 2.96. The van der Waals surface area contributed by atoms with E-state index in [2.05, 4.69) is 20.7 Å². The predicted molar refractivity (Wildman–Crippen MR) is 123 cm³/mol. The number of thiazole rings is 1. The molecule has 2 heterocycles. The molecule has 1 amide bonds. The van der Waals surface area contributed by atoms with Crippen molar-refractivity contribution in [3.8, 4) is 21.8 Å². The van der Waals surface area contributed by atoms with Crippen LogP contribution in [-0.4, -0.2) is 47.5 Å². The Bertz CT molecular complexity index is 1060. The van der Waals surface area contributed by atoms with Crippen molar-refractivity contribution < 1.29 is 9.53 Å². The molecule has 2 N–H and O–H groups in total. The van der Waals surface area contributed by atoms with E-state index in [0.717, 1.165) is 22.6 Å². The number of aromatic nitrogens is 3. The summed E-state index contributed by atoms with van der Waals surface area (Å²) in [5, 5.41) is 11.0. The summed E-state index contributed by atoms with van der Waals surface area (Å²) >= 11 is 1.34. The van der Waals surface area contributed by atoms with Crippen LogP contribution < -0.4 is 16.2 Å². The molecule has 0 aliphatic carbocycles. The molecule has 3 aromatic rings. The van der Waals surface area contributed by atoms with Gasteiger partial charge in [0.1, 0.15) is 5.69 Å². The number of anilines is 1. The van der Waals surface area contributed by atoms with E-state index in [1.54, 1.807) is 13.2 Å². The van der Waals surface area contributed by atoms with Crippen LogP contribution in [0.2, 0.25) is 0 Å². The van der Waals surface area contributed by atoms with Gasteiger partial charge in [-0.05, 0) is 32.9 Å². The van der Waals surface area contributed by atoms with Gasteiger partial charge in [0.25, 0.3) is 5.56 Å². The van der Waals surface area contributed by atoms with Crippen LogP contribution in [0.25, 0.3) is 21.8 Å². The number of rotatable bonds is 10. The van der Waals surface area contributed by atoms with Crippen molar-refractivity contribution in [2.24, 2.45) is 0 Å². The number of methoxy groups -OCH3 is 1. The highest BCUT2D eigenvalue weighted by Gasteiger charge is 2.18. The molecule has 0 radical (unpaired) electrons. The minimum Gasteiger partial charge on any atom is -0.385 e. The largest absolute Gasteiger partial charge is 0.385 e. The van der Waals surface area contributed by atoms with Gasteiger partial charge in [-0.1, -0.05) is 41.7 Å². The Hall–Kier alpha value is -2.88. The minimum absolute atomic E-state index is 0.0658. The highest BCUT2D eigenvalue weighted by atomic mass is 32.1. The lowest BCUT2D eigenvalue weighted by Gasteiger charge is -2.09. The summed E-state index contributed by atoms with van der Waals surface area (Å²) in [7, 11) is 1.65. The fraction of sp³-hybridized carbons (Fsp3) is 0.364. The maximum absolute atomic E-state index is 12.3. The quantitative estimate of drug-likeness (QED) is 0.469. The van der Waals surface area contributed by atoms with E-state index in [4.69, 9.17) is 4.74 Å². The monoisotopic (exact) mass is 441 g/mol. The van der Waals surface area contributed by atoms with E-state index < -0.39 is 0 Å². The van der Waals surface area contributed by atoms with Gasteiger partial charge in [0.05, 0.1) is 23.2 Å². The molecule has 0 fully saturated rings. The van der Waals surface area contributed by atoms with Crippen molar-refractivity contribution in [2.45, 2.75) is 26.3 Å². The van der Waals surface area contributed by atoms with E-state index in [1.807, 2.05) is 44.2 Å². The Morgan fingerprint density at radius 1 is 1.19 bits per heavy atom. The van der Waals surface area contributed by atoms with Crippen LogP contribution in [0.5, 0.6) is 0 Å². The summed E-state index contributed by atoms with van der Waals surface area (Å²) in [5.41, 5.74) is 2.12. The Labute approximate surface area is 185 Å². The SMILES string of the molecule is COCCCNCC(=O)Nc1nc(-c2ccccc2)c(-c2ccc(=O)n(C(C)C)n2)s1. The van der Waals surface area contributed by atoms with Crippen LogP contribution in [-0.2, 0) is 9.53 Å². The summed E-state index contributed by atoms with van der Waals surface area (Å²) in [6.45, 7) is 5.36. The normalized spacial score (nSPS) is 11.1. The maximum atomic E-state index is 12.3. The first-order valence-electron chi connectivity index (χ1n) is 10.2. The van der Waals surface area contributed by atoms with Crippen molar-refractivity contribution in [1.29, 1.82) is 0 Å². The van der Waals surface area contributed by atoms with Crippen LogP contribution >= 0.6 is 11.3 Å². The number of nitrogens with one attached hydrogen (secondary N) is 2. The van der Waals surface area contributed by atoms with Gasteiger partial charge in [0.2, 0.25) is 5.91 Å². The van der Waals surface area contributed by atoms with Gasteiger partial charge in [-0.3, -0.25) is 9.59 Å². The van der Waals surface area contributed by atoms with Crippen molar-refractivity contribution in [1.82, 2.24) is 20.1 Å². The molecular weight excluding hydrogens is 414 g/mol. The molecule has 0 aliphatic heterocycles. The van der Waals surface area contributed by atoms with Crippen LogP contribution in [0.3, 0.4) is 0 Å². The molecule has 164 valence electrons. The van der Waals surface area contributed by atoms with Gasteiger partial charge >= 0.3 is 0 Å². The van der Waals surface area contributed by atoms with Gasteiger partial charge < -0.3 is 15.4 Å². The predicted octanol–water partition coefficient (Wildman–Crippen LogP) is 3.18. The number of carbonyl (C=O) groups is 1. The fourth-order valence-corrected chi connectivity index (χ4v) is 3.93. The molecule has 3 rings (SSSR count). The van der Waals surface area contributed by atoms with Crippen LogP contribution in [0.1, 0.15) is 26.3 Å². The Morgan fingerprint density at radius 2 is 1.97 bits per heavy atom. The van der Waals surface area contributed by atoms with Gasteiger partial charge in [-0.15, -0.1) is 0 Å². The van der Waals surface area contributed by atoms with Gasteiger partial charge in [0, 0.05) is 25.3 Å². The lowest BCUT2D eigenvalue weighted by Crippen LogP contribution is -2.29. The zero-order chi connectivity index (χ0) is 22.2. The molecule has 2 aromatic heterocycles. The zero-order valence-electron chi connectivity index (χ0n) is 17.9. The number of hydrogen-bond acceptors (Lipinski definition) is 7. The second-order valence-electron chi connectivity index (χ2n) is 7.23. The molecule has 8 nitrogen and oxygen atoms in total. The van der Waals surface area contributed by atoms with Crippen LogP contribution in [0.15, 0.2) is 47.3 Å². The Kier molecular flexibility index (Phi) is 8.05. The van der Waals surface area contributed by atoms with E-state index >= 15 is 0 Å². The van der Waals surface area contributed by atoms with Gasteiger partial charge in [0.15, 0.2) is 5.13 Å². The Morgan fingerprint density at radius 3 is 2.68 bits per heavy atom. The Balaban J connectivity index is 1.87. The number of amides is 1. The number of benzene rings is 1. The van der Waals surface area contributed by atoms with Crippen molar-refractivity contribution in [3.05, 3.63) is 52.8 Å². The van der Waals surface area contributed by atoms with Crippen molar-refractivity contribution in [3.63, 3.8) is 0 Å². The molecular formula is C22H27N5O3S. The molecule has 0 saturated heterocycles. The molecule has 9 heteroatoms. The molecule has 0 spiro atoms. The third-order valence-corrected chi connectivity index (χ3v) is 5.45. The van der Waals surface area contributed by atoms with E-state index in [9.17, 15) is 9.59 Å². The number of hydrogen-bond donors (Lipinski definition) is 2. The molecule has 31 heavy (non-hydrogen) atoms. The lowest BCUT2D eigenvalue weighted by atomic mass is 10.1. The maximum Gasteiger partial charge on any atom is 0.267 e. The lowest BCUT2D eigenvalue weighted by molar-refractivity contribution is -0.115. The van der Waals surface area contributed by atoms with E-state index in [-0.39, 0.29) is 24.1 Å². The number of nitrogens with zero attached hydrogens (tertiary/aromatic N) is 3. The van der Waals surface area contributed by atoms with Crippen LogP contribution in [0, 0.1) is 0 Å². The number of carbonyl (C=O) groups excluding carboxylic acids is 1. The first kappa shape index (κ1) is 22.8. The third-order valence-electron chi connectivity index (χ3n) is 4.46. The van der Waals surface area contributed by atoms with Gasteiger partial charge in [-0.2, -0.15) is 5.10 Å². The zero-order valence-corrected chi connectivity index (χ0v) is 18.7. The summed E-state index contributed by atoms with van der Waals surface area (Å²) in [6.07, 6.45) is 0.834. The first-order chi connectivity index (χ1) is 15.0. The van der Waals surface area contributed by atoms with Gasteiger partial charge in [-0.25, -0.2) is 9.67 Å². The van der Waals surface area contributed by atoms with E-state index in [1.165, 1.54) is 22.1 Å². The third kappa shape index (κ3) is 6.06. The standard InChI is InChI=1S/C22H27N5O3S/c1-15(2)27-19(29)11-10-17(26-27)21-20(16-8-5-4-6-9-16)25-22(31-21)24-18(28)14-23-12-7-13-30-3/h4-6,8-11,15,23H,7,12-14H2,1-3H3,(H,24,25,28).